The normalized spacial score (nSPS) is 15.2. The number of hydrogen-bond donors (Lipinski definition) is 1. The monoisotopic (exact) mass is 423 g/mol. The fourth-order valence-corrected chi connectivity index (χ4v) is 4.98. The Hall–Kier alpha value is -3.51. The first-order chi connectivity index (χ1) is 15.7. The topological polar surface area (TPSA) is 64.7 Å². The van der Waals surface area contributed by atoms with E-state index in [1.54, 1.807) is 4.57 Å². The van der Waals surface area contributed by atoms with Crippen molar-refractivity contribution < 1.29 is 0 Å². The Kier molecular flexibility index (Phi) is 4.54. The Morgan fingerprint density at radius 3 is 2.66 bits per heavy atom. The predicted molar refractivity (Wildman–Crippen MR) is 129 cm³/mol. The number of rotatable bonds is 3. The van der Waals surface area contributed by atoms with Crippen molar-refractivity contribution in [2.24, 2.45) is 13.0 Å². The molecule has 0 aliphatic carbocycles. The number of benzene rings is 2. The van der Waals surface area contributed by atoms with Crippen LogP contribution >= 0.6 is 0 Å². The lowest BCUT2D eigenvalue weighted by atomic mass is 9.98. The van der Waals surface area contributed by atoms with Crippen molar-refractivity contribution in [2.75, 3.05) is 13.1 Å². The van der Waals surface area contributed by atoms with Crippen LogP contribution < -0.4 is 11.0 Å². The van der Waals surface area contributed by atoms with E-state index in [1.165, 1.54) is 0 Å². The van der Waals surface area contributed by atoms with Gasteiger partial charge in [0.15, 0.2) is 0 Å². The summed E-state index contributed by atoms with van der Waals surface area (Å²) in [7, 11) is 1.84. The second-order valence-corrected chi connectivity index (χ2v) is 8.79. The van der Waals surface area contributed by atoms with E-state index >= 15 is 0 Å². The van der Waals surface area contributed by atoms with Gasteiger partial charge in [0.05, 0.1) is 28.3 Å². The SMILES string of the molecule is Cn1c(=O)n(CC2CCNCC2)c2c3cc(-c4cnc5ccccc5c4)ccc3ncc21. The second kappa shape index (κ2) is 7.57. The standard InChI is InChI=1S/C26H25N5O/c1-30-24-15-29-23-7-6-18(20-12-19-4-2-3-5-22(19)28-14-20)13-21(23)25(24)31(26(30)32)16-17-8-10-27-11-9-17/h2-7,12-15,17,27H,8-11,16H2,1H3. The van der Waals surface area contributed by atoms with E-state index in [0.29, 0.717) is 5.92 Å². The molecule has 160 valence electrons. The number of nitrogens with one attached hydrogen (secondary N) is 1. The predicted octanol–water partition coefficient (Wildman–Crippen LogP) is 4.10. The maximum absolute atomic E-state index is 13.2. The van der Waals surface area contributed by atoms with Crippen molar-refractivity contribution in [3.05, 3.63) is 71.4 Å². The molecule has 6 rings (SSSR count). The highest BCUT2D eigenvalue weighted by Crippen LogP contribution is 2.30. The first kappa shape index (κ1) is 19.2. The average molecular weight is 424 g/mol. The summed E-state index contributed by atoms with van der Waals surface area (Å²) in [5.41, 5.74) is 5.92. The van der Waals surface area contributed by atoms with Gasteiger partial charge in [0.1, 0.15) is 0 Å². The molecule has 0 radical (unpaired) electrons. The van der Waals surface area contributed by atoms with Crippen LogP contribution in [0.1, 0.15) is 12.8 Å². The summed E-state index contributed by atoms with van der Waals surface area (Å²) in [6.45, 7) is 2.79. The molecule has 1 aliphatic rings. The van der Waals surface area contributed by atoms with Crippen molar-refractivity contribution in [1.82, 2.24) is 24.4 Å². The fraction of sp³-hybridized carbons (Fsp3) is 0.269. The molecular weight excluding hydrogens is 398 g/mol. The molecule has 1 aliphatic heterocycles. The van der Waals surface area contributed by atoms with Gasteiger partial charge in [-0.3, -0.25) is 19.1 Å². The number of aromatic nitrogens is 4. The lowest BCUT2D eigenvalue weighted by Gasteiger charge is -2.23. The minimum atomic E-state index is 0.0330. The van der Waals surface area contributed by atoms with Crippen molar-refractivity contribution in [2.45, 2.75) is 19.4 Å². The second-order valence-electron chi connectivity index (χ2n) is 8.79. The Balaban J connectivity index is 1.54. The molecule has 2 aromatic carbocycles. The summed E-state index contributed by atoms with van der Waals surface area (Å²) in [6, 6.07) is 16.6. The van der Waals surface area contributed by atoms with E-state index in [9.17, 15) is 4.79 Å². The van der Waals surface area contributed by atoms with Gasteiger partial charge in [-0.1, -0.05) is 24.3 Å². The van der Waals surface area contributed by atoms with Gasteiger partial charge >= 0.3 is 5.69 Å². The molecule has 0 spiro atoms. The molecule has 0 saturated carbocycles. The number of pyridine rings is 2. The van der Waals surface area contributed by atoms with Crippen LogP contribution in [0.2, 0.25) is 0 Å². The van der Waals surface area contributed by atoms with Gasteiger partial charge in [-0.2, -0.15) is 0 Å². The Morgan fingerprint density at radius 2 is 1.78 bits per heavy atom. The van der Waals surface area contributed by atoms with Crippen molar-refractivity contribution in [1.29, 1.82) is 0 Å². The molecule has 0 atom stereocenters. The van der Waals surface area contributed by atoms with Crippen LogP contribution in [0.5, 0.6) is 0 Å². The molecule has 1 saturated heterocycles. The highest BCUT2D eigenvalue weighted by Gasteiger charge is 2.20. The van der Waals surface area contributed by atoms with Crippen LogP contribution in [0.25, 0.3) is 44.0 Å². The number of para-hydroxylation sites is 1. The zero-order chi connectivity index (χ0) is 21.7. The molecule has 6 heteroatoms. The molecule has 0 unspecified atom stereocenters. The molecule has 0 bridgehead atoms. The van der Waals surface area contributed by atoms with Crippen molar-refractivity contribution in [3.8, 4) is 11.1 Å². The molecule has 3 aromatic heterocycles. The Bertz CT molecular complexity index is 1520. The van der Waals surface area contributed by atoms with Crippen molar-refractivity contribution >= 4 is 32.8 Å². The number of imidazole rings is 1. The highest BCUT2D eigenvalue weighted by atomic mass is 16.1. The van der Waals surface area contributed by atoms with Crippen LogP contribution in [-0.2, 0) is 13.6 Å². The Labute approximate surface area is 185 Å². The largest absolute Gasteiger partial charge is 0.328 e. The van der Waals surface area contributed by atoms with E-state index in [-0.39, 0.29) is 5.69 Å². The zero-order valence-electron chi connectivity index (χ0n) is 18.1. The van der Waals surface area contributed by atoms with Crippen LogP contribution in [0.15, 0.2) is 65.7 Å². The Morgan fingerprint density at radius 1 is 0.969 bits per heavy atom. The number of hydrogen-bond acceptors (Lipinski definition) is 4. The van der Waals surface area contributed by atoms with Gasteiger partial charge in [0, 0.05) is 36.1 Å². The quantitative estimate of drug-likeness (QED) is 0.474. The maximum atomic E-state index is 13.2. The summed E-state index contributed by atoms with van der Waals surface area (Å²) in [6.07, 6.45) is 5.94. The molecule has 0 amide bonds. The van der Waals surface area contributed by atoms with E-state index in [0.717, 1.165) is 76.4 Å². The van der Waals surface area contributed by atoms with Gasteiger partial charge in [-0.25, -0.2) is 4.79 Å². The van der Waals surface area contributed by atoms with Gasteiger partial charge in [0.25, 0.3) is 0 Å². The molecule has 32 heavy (non-hydrogen) atoms. The van der Waals surface area contributed by atoms with Crippen LogP contribution in [0.3, 0.4) is 0 Å². The fourth-order valence-electron chi connectivity index (χ4n) is 4.98. The first-order valence-electron chi connectivity index (χ1n) is 11.2. The summed E-state index contributed by atoms with van der Waals surface area (Å²) < 4.78 is 3.70. The van der Waals surface area contributed by atoms with Gasteiger partial charge < -0.3 is 5.32 Å². The summed E-state index contributed by atoms with van der Waals surface area (Å²) in [5.74, 6) is 0.510. The van der Waals surface area contributed by atoms with Crippen LogP contribution in [-0.4, -0.2) is 32.2 Å². The number of piperidine rings is 1. The smallest absolute Gasteiger partial charge is 0.317 e. The summed E-state index contributed by atoms with van der Waals surface area (Å²) in [4.78, 5) is 22.5. The van der Waals surface area contributed by atoms with Gasteiger partial charge in [0.2, 0.25) is 0 Å². The minimum Gasteiger partial charge on any atom is -0.317 e. The third-order valence-corrected chi connectivity index (χ3v) is 6.79. The van der Waals surface area contributed by atoms with E-state index in [2.05, 4.69) is 39.6 Å². The first-order valence-corrected chi connectivity index (χ1v) is 11.2. The average Bonchev–Trinajstić information content (AvgIpc) is 3.09. The summed E-state index contributed by atoms with van der Waals surface area (Å²) >= 11 is 0. The molecule has 5 aromatic rings. The van der Waals surface area contributed by atoms with E-state index < -0.39 is 0 Å². The van der Waals surface area contributed by atoms with E-state index in [4.69, 9.17) is 0 Å². The zero-order valence-corrected chi connectivity index (χ0v) is 18.1. The molecule has 1 N–H and O–H groups in total. The van der Waals surface area contributed by atoms with Gasteiger partial charge in [-0.15, -0.1) is 0 Å². The summed E-state index contributed by atoms with van der Waals surface area (Å²) in [5, 5.41) is 5.55. The van der Waals surface area contributed by atoms with E-state index in [1.807, 2.05) is 48.3 Å². The molecule has 4 heterocycles. The third-order valence-electron chi connectivity index (χ3n) is 6.79. The van der Waals surface area contributed by atoms with Crippen LogP contribution in [0.4, 0.5) is 0 Å². The minimum absolute atomic E-state index is 0.0330. The number of nitrogens with zero attached hydrogens (tertiary/aromatic N) is 4. The van der Waals surface area contributed by atoms with Crippen LogP contribution in [0, 0.1) is 5.92 Å². The highest BCUT2D eigenvalue weighted by molar-refractivity contribution is 6.04. The molecule has 1 fully saturated rings. The number of fused-ring (bicyclic) bond motifs is 4. The maximum Gasteiger partial charge on any atom is 0.328 e. The van der Waals surface area contributed by atoms with Crippen molar-refractivity contribution in [3.63, 3.8) is 0 Å². The lowest BCUT2D eigenvalue weighted by molar-refractivity contribution is 0.332. The third kappa shape index (κ3) is 3.10. The molecule has 6 nitrogen and oxygen atoms in total. The lowest BCUT2D eigenvalue weighted by Crippen LogP contribution is -2.32. The van der Waals surface area contributed by atoms with Gasteiger partial charge in [-0.05, 0) is 61.7 Å². The number of aryl methyl sites for hydroxylation is 1. The molecular formula is C26H25N5O.